The molecule has 1 aromatic rings. The van der Waals surface area contributed by atoms with E-state index in [4.69, 9.17) is 9.47 Å². The van der Waals surface area contributed by atoms with E-state index in [9.17, 15) is 18.0 Å². The maximum atomic E-state index is 13.2. The zero-order valence-electron chi connectivity index (χ0n) is 19.0. The van der Waals surface area contributed by atoms with Crippen LogP contribution >= 0.6 is 0 Å². The molecule has 2 saturated heterocycles. The molecule has 2 fully saturated rings. The van der Waals surface area contributed by atoms with Gasteiger partial charge in [-0.15, -0.1) is 0 Å². The Balaban J connectivity index is 1.73. The topological polar surface area (TPSA) is 93.2 Å². The second kappa shape index (κ2) is 11.0. The molecule has 2 amide bonds. The molecular weight excluding hydrogens is 432 g/mol. The van der Waals surface area contributed by atoms with Crippen molar-refractivity contribution in [3.63, 3.8) is 0 Å². The lowest BCUT2D eigenvalue weighted by Crippen LogP contribution is -2.41. The molecule has 1 atom stereocenters. The van der Waals surface area contributed by atoms with Crippen molar-refractivity contribution < 1.29 is 27.5 Å². The number of likely N-dealkylation sites (tertiary alicyclic amines) is 1. The number of piperidine rings is 1. The number of rotatable bonds is 9. The SMILES string of the molecule is CCCN(C(=O)c1ccc(OCC(=O)N2CCCCC2)c(OCC)c1)C1CCS(=O)(=O)C1. The summed E-state index contributed by atoms with van der Waals surface area (Å²) in [5.74, 6) is 0.679. The highest BCUT2D eigenvalue weighted by Gasteiger charge is 2.34. The third kappa shape index (κ3) is 6.15. The van der Waals surface area contributed by atoms with Crippen LogP contribution in [0.5, 0.6) is 11.5 Å². The summed E-state index contributed by atoms with van der Waals surface area (Å²) in [6.07, 6.45) is 4.38. The maximum Gasteiger partial charge on any atom is 0.260 e. The molecule has 32 heavy (non-hydrogen) atoms. The number of amides is 2. The Bertz CT molecular complexity index is 911. The monoisotopic (exact) mass is 466 g/mol. The van der Waals surface area contributed by atoms with Gasteiger partial charge in [0.15, 0.2) is 27.9 Å². The molecule has 8 nitrogen and oxygen atoms in total. The number of nitrogens with zero attached hydrogens (tertiary/aromatic N) is 2. The van der Waals surface area contributed by atoms with Gasteiger partial charge in [-0.1, -0.05) is 6.92 Å². The highest BCUT2D eigenvalue weighted by Crippen LogP contribution is 2.30. The van der Waals surface area contributed by atoms with E-state index in [2.05, 4.69) is 0 Å². The molecule has 0 aliphatic carbocycles. The first-order valence-electron chi connectivity index (χ1n) is 11.5. The van der Waals surface area contributed by atoms with Crippen molar-refractivity contribution in [1.82, 2.24) is 9.80 Å². The summed E-state index contributed by atoms with van der Waals surface area (Å²) in [6, 6.07) is 4.62. The van der Waals surface area contributed by atoms with Gasteiger partial charge in [-0.25, -0.2) is 8.42 Å². The van der Waals surface area contributed by atoms with Gasteiger partial charge in [0, 0.05) is 31.2 Å². The molecule has 0 aromatic heterocycles. The van der Waals surface area contributed by atoms with Crippen LogP contribution in [0.25, 0.3) is 0 Å². The van der Waals surface area contributed by atoms with Crippen LogP contribution < -0.4 is 9.47 Å². The molecule has 0 saturated carbocycles. The number of ether oxygens (including phenoxy) is 2. The average Bonchev–Trinajstić information content (AvgIpc) is 3.16. The van der Waals surface area contributed by atoms with Gasteiger partial charge in [0.25, 0.3) is 11.8 Å². The minimum Gasteiger partial charge on any atom is -0.490 e. The predicted molar refractivity (Wildman–Crippen MR) is 122 cm³/mol. The lowest BCUT2D eigenvalue weighted by atomic mass is 10.1. The molecule has 0 radical (unpaired) electrons. The summed E-state index contributed by atoms with van der Waals surface area (Å²) in [4.78, 5) is 29.2. The molecule has 3 rings (SSSR count). The molecule has 0 N–H and O–H groups in total. The predicted octanol–water partition coefficient (Wildman–Crippen LogP) is 2.52. The Morgan fingerprint density at radius 1 is 1.09 bits per heavy atom. The summed E-state index contributed by atoms with van der Waals surface area (Å²) >= 11 is 0. The van der Waals surface area contributed by atoms with Crippen LogP contribution in [-0.2, 0) is 14.6 Å². The van der Waals surface area contributed by atoms with Crippen molar-refractivity contribution in [2.75, 3.05) is 44.4 Å². The molecule has 2 aliphatic rings. The van der Waals surface area contributed by atoms with E-state index < -0.39 is 9.84 Å². The molecule has 1 aromatic carbocycles. The largest absolute Gasteiger partial charge is 0.490 e. The summed E-state index contributed by atoms with van der Waals surface area (Å²) < 4.78 is 35.3. The highest BCUT2D eigenvalue weighted by molar-refractivity contribution is 7.91. The molecule has 9 heteroatoms. The first-order chi connectivity index (χ1) is 15.3. The Hall–Kier alpha value is -2.29. The highest BCUT2D eigenvalue weighted by atomic mass is 32.2. The van der Waals surface area contributed by atoms with Crippen LogP contribution in [0.2, 0.25) is 0 Å². The fourth-order valence-corrected chi connectivity index (χ4v) is 6.01. The van der Waals surface area contributed by atoms with Crippen molar-refractivity contribution in [1.29, 1.82) is 0 Å². The lowest BCUT2D eigenvalue weighted by Gasteiger charge is -2.28. The number of hydrogen-bond donors (Lipinski definition) is 0. The Morgan fingerprint density at radius 2 is 1.84 bits per heavy atom. The third-order valence-corrected chi connectivity index (χ3v) is 7.68. The summed E-state index contributed by atoms with van der Waals surface area (Å²) in [5, 5.41) is 0. The van der Waals surface area contributed by atoms with E-state index in [1.165, 1.54) is 0 Å². The Kier molecular flexibility index (Phi) is 8.39. The van der Waals surface area contributed by atoms with Gasteiger partial charge in [0.2, 0.25) is 0 Å². The fraction of sp³-hybridized carbons (Fsp3) is 0.652. The first-order valence-corrected chi connectivity index (χ1v) is 13.4. The second-order valence-electron chi connectivity index (χ2n) is 8.38. The van der Waals surface area contributed by atoms with Gasteiger partial charge >= 0.3 is 0 Å². The molecule has 0 spiro atoms. The van der Waals surface area contributed by atoms with Gasteiger partial charge in [0.1, 0.15) is 0 Å². The van der Waals surface area contributed by atoms with Gasteiger partial charge in [-0.3, -0.25) is 9.59 Å². The van der Waals surface area contributed by atoms with Crippen molar-refractivity contribution in [2.24, 2.45) is 0 Å². The first kappa shape index (κ1) is 24.4. The lowest BCUT2D eigenvalue weighted by molar-refractivity contribution is -0.134. The van der Waals surface area contributed by atoms with E-state index in [0.29, 0.717) is 36.6 Å². The van der Waals surface area contributed by atoms with Crippen molar-refractivity contribution in [2.45, 2.75) is 52.0 Å². The number of sulfone groups is 1. The number of benzene rings is 1. The molecule has 2 heterocycles. The van der Waals surface area contributed by atoms with Gasteiger partial charge in [-0.2, -0.15) is 0 Å². The number of carbonyl (C=O) groups is 2. The molecule has 178 valence electrons. The van der Waals surface area contributed by atoms with Crippen molar-refractivity contribution in [3.8, 4) is 11.5 Å². The Morgan fingerprint density at radius 3 is 2.47 bits per heavy atom. The van der Waals surface area contributed by atoms with Crippen molar-refractivity contribution in [3.05, 3.63) is 23.8 Å². The quantitative estimate of drug-likeness (QED) is 0.555. The normalized spacial score (nSPS) is 20.1. The Labute approximate surface area is 190 Å². The fourth-order valence-electron chi connectivity index (χ4n) is 4.28. The van der Waals surface area contributed by atoms with E-state index >= 15 is 0 Å². The van der Waals surface area contributed by atoms with E-state index in [1.807, 2.05) is 18.7 Å². The average molecular weight is 467 g/mol. The third-order valence-electron chi connectivity index (χ3n) is 5.92. The minimum atomic E-state index is -3.10. The van der Waals surface area contributed by atoms with Crippen LogP contribution in [-0.4, -0.2) is 80.4 Å². The second-order valence-corrected chi connectivity index (χ2v) is 10.6. The van der Waals surface area contributed by atoms with Crippen LogP contribution in [0.3, 0.4) is 0 Å². The standard InChI is InChI=1S/C23H34N2O6S/c1-3-11-25(19-10-14-32(28,29)17-19)23(27)18-8-9-20(21(15-18)30-4-2)31-16-22(26)24-12-6-5-7-13-24/h8-9,15,19H,3-7,10-14,16-17H2,1-2H3. The van der Waals surface area contributed by atoms with E-state index in [0.717, 1.165) is 38.8 Å². The zero-order valence-corrected chi connectivity index (χ0v) is 19.9. The molecule has 2 aliphatic heterocycles. The minimum absolute atomic E-state index is 0.0108. The number of hydrogen-bond acceptors (Lipinski definition) is 6. The van der Waals surface area contributed by atoms with Crippen LogP contribution in [0.15, 0.2) is 18.2 Å². The van der Waals surface area contributed by atoms with Crippen LogP contribution in [0.4, 0.5) is 0 Å². The summed E-state index contributed by atoms with van der Waals surface area (Å²) in [5.41, 5.74) is 0.418. The molecular formula is C23H34N2O6S. The van der Waals surface area contributed by atoms with Crippen molar-refractivity contribution >= 4 is 21.7 Å². The van der Waals surface area contributed by atoms with E-state index in [-0.39, 0.29) is 36.0 Å². The van der Waals surface area contributed by atoms with E-state index in [1.54, 1.807) is 23.1 Å². The summed E-state index contributed by atoms with van der Waals surface area (Å²) in [7, 11) is -3.10. The smallest absolute Gasteiger partial charge is 0.260 e. The van der Waals surface area contributed by atoms with Gasteiger partial charge in [-0.05, 0) is 57.2 Å². The van der Waals surface area contributed by atoms with Gasteiger partial charge in [0.05, 0.1) is 18.1 Å². The maximum absolute atomic E-state index is 13.2. The molecule has 0 bridgehead atoms. The molecule has 1 unspecified atom stereocenters. The zero-order chi connectivity index (χ0) is 23.1. The van der Waals surface area contributed by atoms with Gasteiger partial charge < -0.3 is 19.3 Å². The summed E-state index contributed by atoms with van der Waals surface area (Å²) in [6.45, 7) is 6.13. The number of carbonyl (C=O) groups excluding carboxylic acids is 2. The van der Waals surface area contributed by atoms with Crippen LogP contribution in [0.1, 0.15) is 56.3 Å². The van der Waals surface area contributed by atoms with Crippen LogP contribution in [0, 0.1) is 0 Å².